The van der Waals surface area contributed by atoms with Gasteiger partial charge in [-0.05, 0) is 29.8 Å². The fourth-order valence-electron chi connectivity index (χ4n) is 3.34. The lowest BCUT2D eigenvalue weighted by Crippen LogP contribution is -2.08. The Balaban J connectivity index is 1.96. The number of aliphatic imine (C=N–C) groups is 1. The standard InChI is InChI=1S/C21H14N2O4/c1-12(24)18-20(16-7-4-8-17(23(26)27)19(16)21(18)25)22-15-10-9-13-5-2-3-6-14(13)11-15/h2-11,25H,1H3. The van der Waals surface area contributed by atoms with Crippen molar-refractivity contribution >= 4 is 39.4 Å². The van der Waals surface area contributed by atoms with Crippen LogP contribution in [-0.2, 0) is 4.79 Å². The molecule has 0 saturated heterocycles. The van der Waals surface area contributed by atoms with Crippen LogP contribution in [0.4, 0.5) is 11.4 Å². The van der Waals surface area contributed by atoms with Gasteiger partial charge in [-0.3, -0.25) is 14.9 Å². The van der Waals surface area contributed by atoms with Crippen LogP contribution in [0.25, 0.3) is 16.5 Å². The molecule has 3 aromatic rings. The number of benzene rings is 3. The smallest absolute Gasteiger partial charge is 0.281 e. The van der Waals surface area contributed by atoms with Crippen LogP contribution in [0, 0.1) is 10.1 Å². The molecule has 0 fully saturated rings. The zero-order chi connectivity index (χ0) is 19.1. The molecule has 0 radical (unpaired) electrons. The molecule has 132 valence electrons. The van der Waals surface area contributed by atoms with Gasteiger partial charge in [0.15, 0.2) is 5.78 Å². The lowest BCUT2D eigenvalue weighted by molar-refractivity contribution is -0.385. The van der Waals surface area contributed by atoms with Crippen molar-refractivity contribution in [3.8, 4) is 0 Å². The van der Waals surface area contributed by atoms with Crippen molar-refractivity contribution in [2.45, 2.75) is 6.92 Å². The summed E-state index contributed by atoms with van der Waals surface area (Å²) in [5.41, 5.74) is 0.982. The van der Waals surface area contributed by atoms with Crippen molar-refractivity contribution in [1.82, 2.24) is 0 Å². The number of aliphatic hydroxyl groups excluding tert-OH is 1. The van der Waals surface area contributed by atoms with E-state index >= 15 is 0 Å². The second-order valence-electron chi connectivity index (χ2n) is 6.23. The van der Waals surface area contributed by atoms with Crippen LogP contribution in [-0.4, -0.2) is 21.5 Å². The molecular formula is C21H14N2O4. The number of rotatable bonds is 3. The van der Waals surface area contributed by atoms with Gasteiger partial charge in [-0.1, -0.05) is 42.5 Å². The van der Waals surface area contributed by atoms with Crippen LogP contribution in [0.2, 0.25) is 0 Å². The molecular weight excluding hydrogens is 344 g/mol. The fourth-order valence-corrected chi connectivity index (χ4v) is 3.34. The van der Waals surface area contributed by atoms with E-state index in [9.17, 15) is 20.0 Å². The van der Waals surface area contributed by atoms with E-state index in [1.54, 1.807) is 12.1 Å². The number of carbonyl (C=O) groups is 1. The number of allylic oxidation sites excluding steroid dienone is 1. The van der Waals surface area contributed by atoms with Crippen LogP contribution in [0.1, 0.15) is 18.1 Å². The van der Waals surface area contributed by atoms with Crippen molar-refractivity contribution in [2.75, 3.05) is 0 Å². The first-order valence-electron chi connectivity index (χ1n) is 8.27. The third-order valence-electron chi connectivity index (χ3n) is 4.53. The van der Waals surface area contributed by atoms with E-state index in [0.717, 1.165) is 10.8 Å². The molecule has 0 aliphatic heterocycles. The molecule has 0 heterocycles. The maximum Gasteiger partial charge on any atom is 0.281 e. The number of ketones is 1. The van der Waals surface area contributed by atoms with Crippen LogP contribution in [0.5, 0.6) is 0 Å². The van der Waals surface area contributed by atoms with Gasteiger partial charge in [-0.25, -0.2) is 4.99 Å². The third kappa shape index (κ3) is 2.67. The fraction of sp³-hybridized carbons (Fsp3) is 0.0476. The molecule has 0 unspecified atom stereocenters. The van der Waals surface area contributed by atoms with Gasteiger partial charge in [0.2, 0.25) is 0 Å². The van der Waals surface area contributed by atoms with Gasteiger partial charge in [-0.2, -0.15) is 0 Å². The zero-order valence-corrected chi connectivity index (χ0v) is 14.3. The van der Waals surface area contributed by atoms with Crippen LogP contribution in [0.3, 0.4) is 0 Å². The average Bonchev–Trinajstić information content (AvgIpc) is 2.93. The summed E-state index contributed by atoms with van der Waals surface area (Å²) in [4.78, 5) is 27.5. The van der Waals surface area contributed by atoms with Gasteiger partial charge >= 0.3 is 0 Å². The van der Waals surface area contributed by atoms with Crippen molar-refractivity contribution in [1.29, 1.82) is 0 Å². The lowest BCUT2D eigenvalue weighted by atomic mass is 10.0. The van der Waals surface area contributed by atoms with E-state index < -0.39 is 16.5 Å². The summed E-state index contributed by atoms with van der Waals surface area (Å²) in [5.74, 6) is -0.804. The normalized spacial score (nSPS) is 14.6. The van der Waals surface area contributed by atoms with E-state index in [2.05, 4.69) is 4.99 Å². The van der Waals surface area contributed by atoms with Gasteiger partial charge in [0.1, 0.15) is 11.3 Å². The summed E-state index contributed by atoms with van der Waals surface area (Å²) < 4.78 is 0. The molecule has 0 bridgehead atoms. The minimum absolute atomic E-state index is 0.00698. The number of aliphatic hydroxyl groups is 1. The zero-order valence-electron chi connectivity index (χ0n) is 14.3. The van der Waals surface area contributed by atoms with Gasteiger partial charge in [0.05, 0.1) is 21.9 Å². The summed E-state index contributed by atoms with van der Waals surface area (Å²) >= 11 is 0. The number of hydrogen-bond acceptors (Lipinski definition) is 5. The maximum absolute atomic E-state index is 12.2. The Bertz CT molecular complexity index is 1190. The highest BCUT2D eigenvalue weighted by molar-refractivity contribution is 6.36. The number of carbonyl (C=O) groups excluding carboxylic acids is 1. The minimum atomic E-state index is -0.578. The Kier molecular flexibility index (Phi) is 3.81. The number of fused-ring (bicyclic) bond motifs is 2. The molecule has 3 aromatic carbocycles. The lowest BCUT2D eigenvalue weighted by Gasteiger charge is -2.05. The Labute approximate surface area is 154 Å². The first-order valence-corrected chi connectivity index (χ1v) is 8.27. The molecule has 0 aromatic heterocycles. The Morgan fingerprint density at radius 3 is 2.48 bits per heavy atom. The summed E-state index contributed by atoms with van der Waals surface area (Å²) in [6.07, 6.45) is 0. The molecule has 0 saturated carbocycles. The van der Waals surface area contributed by atoms with Gasteiger partial charge < -0.3 is 5.11 Å². The Hall–Kier alpha value is -3.80. The van der Waals surface area contributed by atoms with Crippen molar-refractivity contribution < 1.29 is 14.8 Å². The van der Waals surface area contributed by atoms with E-state index in [0.29, 0.717) is 11.3 Å². The van der Waals surface area contributed by atoms with E-state index in [-0.39, 0.29) is 22.5 Å². The minimum Gasteiger partial charge on any atom is -0.506 e. The average molecular weight is 358 g/mol. The first kappa shape index (κ1) is 16.7. The molecule has 6 nitrogen and oxygen atoms in total. The van der Waals surface area contributed by atoms with Gasteiger partial charge in [0.25, 0.3) is 5.69 Å². The number of nitrogens with zero attached hydrogens (tertiary/aromatic N) is 2. The SMILES string of the molecule is CC(=O)C1=C(O)c2c(cccc2[N+](=O)[O-])C1=Nc1ccc2ccccc2c1. The second kappa shape index (κ2) is 6.17. The van der Waals surface area contributed by atoms with Crippen LogP contribution < -0.4 is 0 Å². The molecule has 4 rings (SSSR count). The number of Topliss-reactive ketones (excluding diaryl/α,β-unsaturated/α-hetero) is 1. The molecule has 6 heteroatoms. The second-order valence-corrected chi connectivity index (χ2v) is 6.23. The van der Waals surface area contributed by atoms with Crippen LogP contribution in [0.15, 0.2) is 71.2 Å². The maximum atomic E-state index is 12.2. The van der Waals surface area contributed by atoms with Crippen molar-refractivity contribution in [3.63, 3.8) is 0 Å². The number of hydrogen-bond donors (Lipinski definition) is 1. The highest BCUT2D eigenvalue weighted by Crippen LogP contribution is 2.39. The number of nitro benzene ring substituents is 1. The summed E-state index contributed by atoms with van der Waals surface area (Å²) in [5, 5.41) is 23.9. The van der Waals surface area contributed by atoms with Crippen molar-refractivity contribution in [2.24, 2.45) is 4.99 Å². The predicted octanol–water partition coefficient (Wildman–Crippen LogP) is 4.74. The summed E-state index contributed by atoms with van der Waals surface area (Å²) in [6.45, 7) is 1.30. The molecule has 1 aliphatic carbocycles. The number of nitro groups is 1. The highest BCUT2D eigenvalue weighted by atomic mass is 16.6. The molecule has 0 amide bonds. The van der Waals surface area contributed by atoms with Gasteiger partial charge in [-0.15, -0.1) is 0 Å². The largest absolute Gasteiger partial charge is 0.506 e. The predicted molar refractivity (Wildman–Crippen MR) is 103 cm³/mol. The van der Waals surface area contributed by atoms with E-state index in [1.807, 2.05) is 36.4 Å². The monoisotopic (exact) mass is 358 g/mol. The molecule has 0 atom stereocenters. The quantitative estimate of drug-likeness (QED) is 0.540. The van der Waals surface area contributed by atoms with E-state index in [1.165, 1.54) is 19.1 Å². The Morgan fingerprint density at radius 2 is 1.78 bits per heavy atom. The van der Waals surface area contributed by atoms with E-state index in [4.69, 9.17) is 0 Å². The molecule has 1 N–H and O–H groups in total. The summed E-state index contributed by atoms with van der Waals surface area (Å²) in [6, 6.07) is 17.8. The van der Waals surface area contributed by atoms with Crippen LogP contribution >= 0.6 is 0 Å². The van der Waals surface area contributed by atoms with Gasteiger partial charge in [0, 0.05) is 11.6 Å². The Morgan fingerprint density at radius 1 is 1.04 bits per heavy atom. The molecule has 1 aliphatic rings. The summed E-state index contributed by atoms with van der Waals surface area (Å²) in [7, 11) is 0. The molecule has 0 spiro atoms. The molecule has 27 heavy (non-hydrogen) atoms. The topological polar surface area (TPSA) is 92.8 Å². The third-order valence-corrected chi connectivity index (χ3v) is 4.53. The first-order chi connectivity index (χ1) is 13.0. The highest BCUT2D eigenvalue weighted by Gasteiger charge is 2.36. The van der Waals surface area contributed by atoms with Crippen molar-refractivity contribution in [3.05, 3.63) is 87.5 Å².